The number of rotatable bonds is 6. The number of hydrogen-bond donors (Lipinski definition) is 2. The fourth-order valence-corrected chi connectivity index (χ4v) is 3.99. The van der Waals surface area contributed by atoms with Gasteiger partial charge in [0.05, 0.1) is 23.7 Å². The number of β-amino-alcohol motifs (C(OH)–C–C–N with tert-alkyl or cyclic N) is 1. The monoisotopic (exact) mass is 379 g/mol. The van der Waals surface area contributed by atoms with Crippen molar-refractivity contribution in [1.29, 1.82) is 0 Å². The van der Waals surface area contributed by atoms with E-state index < -0.39 is 21.7 Å². The van der Waals surface area contributed by atoms with Crippen LogP contribution in [-0.2, 0) is 19.4 Å². The van der Waals surface area contributed by atoms with Gasteiger partial charge in [0.2, 0.25) is 0 Å². The van der Waals surface area contributed by atoms with E-state index in [1.54, 1.807) is 12.1 Å². The minimum absolute atomic E-state index is 0.00748. The fraction of sp³-hybridized carbons (Fsp3) is 0.412. The molecule has 0 bridgehead atoms. The summed E-state index contributed by atoms with van der Waals surface area (Å²) in [4.78, 5) is 27.3. The molecule has 8 nitrogen and oxygen atoms in total. The molecule has 1 aromatic carbocycles. The van der Waals surface area contributed by atoms with Gasteiger partial charge in [-0.05, 0) is 31.0 Å². The molecule has 26 heavy (non-hydrogen) atoms. The third-order valence-corrected chi connectivity index (χ3v) is 5.59. The van der Waals surface area contributed by atoms with Gasteiger partial charge in [0.1, 0.15) is 5.70 Å². The average Bonchev–Trinajstić information content (AvgIpc) is 3.19. The van der Waals surface area contributed by atoms with Crippen LogP contribution in [0.5, 0.6) is 0 Å². The second kappa shape index (κ2) is 7.08. The Balaban J connectivity index is 1.95. The lowest BCUT2D eigenvalue weighted by Crippen LogP contribution is -2.34. The Kier molecular flexibility index (Phi) is 5.01. The van der Waals surface area contributed by atoms with Crippen molar-refractivity contribution < 1.29 is 23.1 Å². The van der Waals surface area contributed by atoms with Gasteiger partial charge in [-0.25, -0.2) is 8.42 Å². The van der Waals surface area contributed by atoms with Crippen LogP contribution in [0.15, 0.2) is 34.9 Å². The molecule has 1 saturated heterocycles. The summed E-state index contributed by atoms with van der Waals surface area (Å²) in [6.45, 7) is 1.34. The van der Waals surface area contributed by atoms with Gasteiger partial charge in [-0.1, -0.05) is 0 Å². The van der Waals surface area contributed by atoms with Crippen LogP contribution in [0.1, 0.15) is 12.8 Å². The first-order chi connectivity index (χ1) is 12.3. The second-order valence-electron chi connectivity index (χ2n) is 6.35. The Bertz CT molecular complexity index is 872. The van der Waals surface area contributed by atoms with Gasteiger partial charge in [0.25, 0.3) is 11.8 Å². The summed E-state index contributed by atoms with van der Waals surface area (Å²) in [6.07, 6.45) is 4.36. The lowest BCUT2D eigenvalue weighted by Gasteiger charge is -2.20. The summed E-state index contributed by atoms with van der Waals surface area (Å²) in [6, 6.07) is 4.95. The van der Waals surface area contributed by atoms with Crippen LogP contribution in [0.2, 0.25) is 0 Å². The predicted octanol–water partition coefficient (Wildman–Crippen LogP) is 0.347. The zero-order valence-corrected chi connectivity index (χ0v) is 15.3. The molecule has 2 heterocycles. The minimum Gasteiger partial charge on any atom is -0.395 e. The molecule has 140 valence electrons. The third-order valence-electron chi connectivity index (χ3n) is 4.44. The van der Waals surface area contributed by atoms with E-state index >= 15 is 0 Å². The molecular formula is C17H21N3O5S. The van der Waals surface area contributed by atoms with Gasteiger partial charge in [-0.2, -0.15) is 0 Å². The van der Waals surface area contributed by atoms with Crippen molar-refractivity contribution in [3.63, 3.8) is 0 Å². The maximum atomic E-state index is 12.3. The molecule has 0 spiro atoms. The predicted molar refractivity (Wildman–Crippen MR) is 96.5 cm³/mol. The highest BCUT2D eigenvalue weighted by atomic mass is 32.2. The van der Waals surface area contributed by atoms with E-state index in [1.165, 1.54) is 6.07 Å². The van der Waals surface area contributed by atoms with E-state index in [9.17, 15) is 18.0 Å². The molecule has 0 radical (unpaired) electrons. The van der Waals surface area contributed by atoms with Crippen LogP contribution in [-0.4, -0.2) is 62.7 Å². The molecule has 0 atom stereocenters. The highest BCUT2D eigenvalue weighted by molar-refractivity contribution is 7.90. The summed E-state index contributed by atoms with van der Waals surface area (Å²) in [7, 11) is -3.53. The molecule has 2 aliphatic heterocycles. The molecule has 1 aromatic rings. The molecule has 0 saturated carbocycles. The summed E-state index contributed by atoms with van der Waals surface area (Å²) in [5.74, 6) is -1.13. The number of carbonyl (C=O) groups excluding carboxylic acids is 2. The topological polar surface area (TPSA) is 107 Å². The molecular weight excluding hydrogens is 358 g/mol. The van der Waals surface area contributed by atoms with Crippen molar-refractivity contribution in [2.45, 2.75) is 17.7 Å². The third kappa shape index (κ3) is 3.58. The number of hydrogen-bond acceptors (Lipinski definition) is 7. The van der Waals surface area contributed by atoms with E-state index in [4.69, 9.17) is 5.11 Å². The lowest BCUT2D eigenvalue weighted by molar-refractivity contribution is -0.137. The average molecular weight is 379 g/mol. The van der Waals surface area contributed by atoms with Crippen LogP contribution in [0, 0.1) is 0 Å². The molecule has 9 heteroatoms. The number of imide groups is 1. The van der Waals surface area contributed by atoms with Gasteiger partial charge >= 0.3 is 0 Å². The number of aliphatic hydroxyl groups is 1. The zero-order chi connectivity index (χ0) is 18.9. The summed E-state index contributed by atoms with van der Waals surface area (Å²) in [5.41, 5.74) is 1.11. The van der Waals surface area contributed by atoms with Gasteiger partial charge in [0.15, 0.2) is 9.84 Å². The fourth-order valence-electron chi connectivity index (χ4n) is 3.17. The van der Waals surface area contributed by atoms with E-state index in [-0.39, 0.29) is 29.4 Å². The molecule has 0 aliphatic carbocycles. The van der Waals surface area contributed by atoms with Crippen LogP contribution >= 0.6 is 0 Å². The zero-order valence-electron chi connectivity index (χ0n) is 14.4. The van der Waals surface area contributed by atoms with Gasteiger partial charge in [-0.15, -0.1) is 0 Å². The quantitative estimate of drug-likeness (QED) is 0.687. The highest BCUT2D eigenvalue weighted by Gasteiger charge is 2.31. The Hall–Kier alpha value is -2.39. The number of carbonyl (C=O) groups is 2. The van der Waals surface area contributed by atoms with E-state index in [0.29, 0.717) is 0 Å². The van der Waals surface area contributed by atoms with E-state index in [2.05, 4.69) is 10.2 Å². The van der Waals surface area contributed by atoms with E-state index in [1.807, 2.05) is 0 Å². The van der Waals surface area contributed by atoms with Gasteiger partial charge in [-0.3, -0.25) is 14.5 Å². The molecule has 1 fully saturated rings. The van der Waals surface area contributed by atoms with Gasteiger partial charge < -0.3 is 15.3 Å². The number of aliphatic hydroxyl groups excluding tert-OH is 1. The van der Waals surface area contributed by atoms with Crippen molar-refractivity contribution in [2.24, 2.45) is 0 Å². The van der Waals surface area contributed by atoms with Gasteiger partial charge in [0, 0.05) is 31.1 Å². The molecule has 2 aliphatic rings. The van der Waals surface area contributed by atoms with Crippen LogP contribution in [0.3, 0.4) is 0 Å². The number of sulfone groups is 1. The number of amides is 2. The van der Waals surface area contributed by atoms with Crippen LogP contribution in [0.4, 0.5) is 11.4 Å². The normalized spacial score (nSPS) is 17.8. The summed E-state index contributed by atoms with van der Waals surface area (Å²) >= 11 is 0. The van der Waals surface area contributed by atoms with Crippen molar-refractivity contribution in [2.75, 3.05) is 42.7 Å². The van der Waals surface area contributed by atoms with Crippen molar-refractivity contribution >= 4 is 33.0 Å². The maximum Gasteiger partial charge on any atom is 0.277 e. The molecule has 2 N–H and O–H groups in total. The Morgan fingerprint density at radius 3 is 2.50 bits per heavy atom. The standard InChI is InChI=1S/C17H21N3O5S/c1-26(24,25)15-5-4-12(19-6-2-3-7-19)10-13(15)18-14-11-16(22)20(8-9-21)17(14)23/h4-5,10-11,18,21H,2-3,6-9H2,1H3. The second-order valence-corrected chi connectivity index (χ2v) is 8.33. The first-order valence-corrected chi connectivity index (χ1v) is 10.2. The van der Waals surface area contributed by atoms with Crippen LogP contribution in [0.25, 0.3) is 0 Å². The Labute approximate surface area is 152 Å². The Morgan fingerprint density at radius 1 is 1.19 bits per heavy atom. The minimum atomic E-state index is -3.53. The van der Waals surface area contributed by atoms with Crippen molar-refractivity contribution in [1.82, 2.24) is 4.90 Å². The number of benzene rings is 1. The smallest absolute Gasteiger partial charge is 0.277 e. The van der Waals surface area contributed by atoms with Crippen molar-refractivity contribution in [3.8, 4) is 0 Å². The van der Waals surface area contributed by atoms with Crippen molar-refractivity contribution in [3.05, 3.63) is 30.0 Å². The SMILES string of the molecule is CS(=O)(=O)c1ccc(N2CCCC2)cc1NC1=CC(=O)N(CCO)C1=O. The Morgan fingerprint density at radius 2 is 1.88 bits per heavy atom. The first kappa shape index (κ1) is 18.4. The molecule has 3 rings (SSSR count). The summed E-state index contributed by atoms with van der Waals surface area (Å²) in [5, 5.41) is 11.8. The lowest BCUT2D eigenvalue weighted by atomic mass is 10.2. The highest BCUT2D eigenvalue weighted by Crippen LogP contribution is 2.31. The summed E-state index contributed by atoms with van der Waals surface area (Å²) < 4.78 is 24.2. The first-order valence-electron chi connectivity index (χ1n) is 8.36. The maximum absolute atomic E-state index is 12.3. The molecule has 0 aromatic heterocycles. The molecule has 2 amide bonds. The number of nitrogens with one attached hydrogen (secondary N) is 1. The molecule has 0 unspecified atom stereocenters. The van der Waals surface area contributed by atoms with Crippen LogP contribution < -0.4 is 10.2 Å². The number of anilines is 2. The van der Waals surface area contributed by atoms with E-state index in [0.717, 1.165) is 48.9 Å². The number of nitrogens with zero attached hydrogens (tertiary/aromatic N) is 2. The largest absolute Gasteiger partial charge is 0.395 e.